The molecule has 0 aliphatic heterocycles. The van der Waals surface area contributed by atoms with Crippen molar-refractivity contribution < 1.29 is 5.11 Å². The molecule has 116 valence electrons. The Kier molecular flexibility index (Phi) is 4.11. The van der Waals surface area contributed by atoms with Crippen LogP contribution in [-0.4, -0.2) is 15.1 Å². The number of para-hydroxylation sites is 1. The number of H-pyrrole nitrogens is 1. The quantitative estimate of drug-likeness (QED) is 0.725. The highest BCUT2D eigenvalue weighted by Crippen LogP contribution is 2.27. The summed E-state index contributed by atoms with van der Waals surface area (Å²) in [5.74, 6) is 0.274. The molecule has 0 bridgehead atoms. The average molecular weight is 347 g/mol. The summed E-state index contributed by atoms with van der Waals surface area (Å²) in [6.45, 7) is 1.88. The fourth-order valence-electron chi connectivity index (χ4n) is 2.25. The second kappa shape index (κ2) is 6.07. The van der Waals surface area contributed by atoms with Gasteiger partial charge >= 0.3 is 0 Å². The lowest BCUT2D eigenvalue weighted by Gasteiger charge is -2.05. The second-order valence-corrected chi connectivity index (χ2v) is 5.90. The predicted molar refractivity (Wildman–Crippen MR) is 93.9 cm³/mol. The van der Waals surface area contributed by atoms with Gasteiger partial charge < -0.3 is 10.1 Å². The van der Waals surface area contributed by atoms with Gasteiger partial charge in [0.1, 0.15) is 5.75 Å². The van der Waals surface area contributed by atoms with Crippen LogP contribution in [0.15, 0.2) is 41.2 Å². The first-order chi connectivity index (χ1) is 11.0. The Morgan fingerprint density at radius 2 is 2.09 bits per heavy atom. The molecule has 0 amide bonds. The van der Waals surface area contributed by atoms with Crippen LogP contribution >= 0.6 is 23.2 Å². The van der Waals surface area contributed by atoms with Gasteiger partial charge in [0.25, 0.3) is 5.56 Å². The number of aromatic amines is 1. The number of phenols is 1. The van der Waals surface area contributed by atoms with Gasteiger partial charge in [-0.3, -0.25) is 4.79 Å². The maximum Gasteiger partial charge on any atom is 0.259 e. The Morgan fingerprint density at radius 1 is 1.30 bits per heavy atom. The van der Waals surface area contributed by atoms with Gasteiger partial charge in [-0.2, -0.15) is 0 Å². The van der Waals surface area contributed by atoms with E-state index >= 15 is 0 Å². The third kappa shape index (κ3) is 3.09. The van der Waals surface area contributed by atoms with Gasteiger partial charge in [0.15, 0.2) is 5.82 Å². The van der Waals surface area contributed by atoms with E-state index in [2.05, 4.69) is 9.97 Å². The first-order valence-corrected chi connectivity index (χ1v) is 7.57. The zero-order valence-electron chi connectivity index (χ0n) is 12.1. The van der Waals surface area contributed by atoms with E-state index in [1.807, 2.05) is 19.1 Å². The number of nitrogens with one attached hydrogen (secondary N) is 1. The van der Waals surface area contributed by atoms with Gasteiger partial charge in [-0.25, -0.2) is 4.98 Å². The largest absolute Gasteiger partial charge is 0.506 e. The molecule has 0 radical (unpaired) electrons. The number of halogens is 2. The Balaban J connectivity index is 2.12. The van der Waals surface area contributed by atoms with Crippen molar-refractivity contribution >= 4 is 45.2 Å². The molecule has 0 aliphatic carbocycles. The fraction of sp³-hybridized carbons (Fsp3) is 0.0588. The molecule has 0 fully saturated rings. The number of hydrogen-bond acceptors (Lipinski definition) is 3. The van der Waals surface area contributed by atoms with Gasteiger partial charge in [-0.15, -0.1) is 0 Å². The first kappa shape index (κ1) is 15.6. The summed E-state index contributed by atoms with van der Waals surface area (Å²) >= 11 is 12.2. The minimum Gasteiger partial charge on any atom is -0.506 e. The zero-order valence-corrected chi connectivity index (χ0v) is 13.6. The van der Waals surface area contributed by atoms with Gasteiger partial charge in [0, 0.05) is 0 Å². The van der Waals surface area contributed by atoms with Crippen molar-refractivity contribution in [3.63, 3.8) is 0 Å². The Labute approximate surface area is 142 Å². The molecule has 0 spiro atoms. The van der Waals surface area contributed by atoms with E-state index in [-0.39, 0.29) is 27.2 Å². The van der Waals surface area contributed by atoms with E-state index in [9.17, 15) is 9.90 Å². The summed E-state index contributed by atoms with van der Waals surface area (Å²) in [7, 11) is 0. The van der Waals surface area contributed by atoms with Crippen LogP contribution in [0, 0.1) is 6.92 Å². The summed E-state index contributed by atoms with van der Waals surface area (Å²) in [6.07, 6.45) is 1.62. The number of benzene rings is 2. The molecule has 2 aromatic carbocycles. The Morgan fingerprint density at radius 3 is 2.83 bits per heavy atom. The maximum atomic E-state index is 12.2. The molecule has 0 unspecified atom stereocenters. The lowest BCUT2D eigenvalue weighted by atomic mass is 10.1. The van der Waals surface area contributed by atoms with E-state index in [0.717, 1.165) is 5.56 Å². The number of hydrogen-bond donors (Lipinski definition) is 2. The van der Waals surface area contributed by atoms with Crippen molar-refractivity contribution in [1.82, 2.24) is 9.97 Å². The van der Waals surface area contributed by atoms with Crippen LogP contribution in [0.5, 0.6) is 5.75 Å². The van der Waals surface area contributed by atoms with E-state index in [1.54, 1.807) is 24.3 Å². The van der Waals surface area contributed by atoms with Gasteiger partial charge in [-0.05, 0) is 42.3 Å². The normalized spacial score (nSPS) is 11.9. The highest BCUT2D eigenvalue weighted by Gasteiger charge is 2.09. The van der Waals surface area contributed by atoms with Crippen LogP contribution < -0.4 is 5.56 Å². The smallest absolute Gasteiger partial charge is 0.259 e. The number of phenolic OH excluding ortho intramolecular Hbond substituents is 1. The molecule has 0 saturated heterocycles. The fourth-order valence-corrected chi connectivity index (χ4v) is 2.65. The molecule has 4 nitrogen and oxygen atoms in total. The summed E-state index contributed by atoms with van der Waals surface area (Å²) in [6, 6.07) is 10.1. The lowest BCUT2D eigenvalue weighted by Crippen LogP contribution is -2.11. The van der Waals surface area contributed by atoms with Crippen molar-refractivity contribution in [3.05, 3.63) is 68.7 Å². The molecule has 2 N–H and O–H groups in total. The SMILES string of the molecule is Cc1cccc2c(=O)[nH]c(C(Cl)=Cc3ccc(O)c(Cl)c3)nc12. The molecule has 23 heavy (non-hydrogen) atoms. The predicted octanol–water partition coefficient (Wildman–Crippen LogP) is 4.33. The van der Waals surface area contributed by atoms with Crippen molar-refractivity contribution in [2.75, 3.05) is 0 Å². The first-order valence-electron chi connectivity index (χ1n) is 6.81. The van der Waals surface area contributed by atoms with Crippen LogP contribution in [0.2, 0.25) is 5.02 Å². The number of aromatic hydroxyl groups is 1. The third-order valence-electron chi connectivity index (χ3n) is 3.43. The molecule has 3 aromatic rings. The zero-order chi connectivity index (χ0) is 16.6. The number of rotatable bonds is 2. The van der Waals surface area contributed by atoms with Crippen molar-refractivity contribution in [1.29, 1.82) is 0 Å². The number of nitrogens with zero attached hydrogens (tertiary/aromatic N) is 1. The topological polar surface area (TPSA) is 66.0 Å². The molecule has 3 rings (SSSR count). The summed E-state index contributed by atoms with van der Waals surface area (Å²) in [5.41, 5.74) is 1.95. The minimum absolute atomic E-state index is 0.00667. The van der Waals surface area contributed by atoms with E-state index in [4.69, 9.17) is 23.2 Å². The molecular weight excluding hydrogens is 335 g/mol. The van der Waals surface area contributed by atoms with Crippen LogP contribution in [-0.2, 0) is 0 Å². The minimum atomic E-state index is -0.246. The lowest BCUT2D eigenvalue weighted by molar-refractivity contribution is 0.475. The van der Waals surface area contributed by atoms with Gasteiger partial charge in [-0.1, -0.05) is 41.4 Å². The van der Waals surface area contributed by atoms with Gasteiger partial charge in [0.2, 0.25) is 0 Å². The second-order valence-electron chi connectivity index (χ2n) is 5.09. The highest BCUT2D eigenvalue weighted by molar-refractivity contribution is 6.50. The number of aryl methyl sites for hydroxylation is 1. The molecule has 1 heterocycles. The molecule has 0 atom stereocenters. The third-order valence-corrected chi connectivity index (χ3v) is 4.02. The van der Waals surface area contributed by atoms with Gasteiger partial charge in [0.05, 0.1) is 21.0 Å². The maximum absolute atomic E-state index is 12.2. The Bertz CT molecular complexity index is 994. The molecular formula is C17H12Cl2N2O2. The average Bonchev–Trinajstić information content (AvgIpc) is 2.52. The van der Waals surface area contributed by atoms with Crippen molar-refractivity contribution in [3.8, 4) is 5.75 Å². The van der Waals surface area contributed by atoms with E-state index in [1.165, 1.54) is 6.07 Å². The standard InChI is InChI=1S/C17H12Cl2N2O2/c1-9-3-2-4-11-15(9)20-16(21-17(11)23)13(19)8-10-5-6-14(22)12(18)7-10/h2-8,22H,1H3,(H,20,21,23). The highest BCUT2D eigenvalue weighted by atomic mass is 35.5. The number of aromatic nitrogens is 2. The summed E-state index contributed by atoms with van der Waals surface area (Å²) in [5, 5.41) is 10.4. The molecule has 6 heteroatoms. The van der Waals surface area contributed by atoms with Crippen LogP contribution in [0.1, 0.15) is 17.0 Å². The van der Waals surface area contributed by atoms with E-state index in [0.29, 0.717) is 16.5 Å². The van der Waals surface area contributed by atoms with Crippen LogP contribution in [0.4, 0.5) is 0 Å². The van der Waals surface area contributed by atoms with Crippen molar-refractivity contribution in [2.24, 2.45) is 0 Å². The van der Waals surface area contributed by atoms with Crippen LogP contribution in [0.3, 0.4) is 0 Å². The Hall–Kier alpha value is -2.30. The summed E-state index contributed by atoms with van der Waals surface area (Å²) < 4.78 is 0. The summed E-state index contributed by atoms with van der Waals surface area (Å²) in [4.78, 5) is 19.3. The van der Waals surface area contributed by atoms with Crippen molar-refractivity contribution in [2.45, 2.75) is 6.92 Å². The molecule has 0 aliphatic rings. The van der Waals surface area contributed by atoms with E-state index < -0.39 is 0 Å². The molecule has 1 aromatic heterocycles. The number of fused-ring (bicyclic) bond motifs is 1. The molecule has 0 saturated carbocycles. The van der Waals surface area contributed by atoms with Crippen LogP contribution in [0.25, 0.3) is 22.0 Å². The monoisotopic (exact) mass is 346 g/mol.